The van der Waals surface area contributed by atoms with Gasteiger partial charge in [0.05, 0.1) is 0 Å². The van der Waals surface area contributed by atoms with Crippen molar-refractivity contribution < 1.29 is 9.13 Å². The van der Waals surface area contributed by atoms with Crippen LogP contribution in [0.25, 0.3) is 0 Å². The van der Waals surface area contributed by atoms with Crippen LogP contribution in [0.5, 0.6) is 5.75 Å². The van der Waals surface area contributed by atoms with E-state index in [0.29, 0.717) is 17.0 Å². The van der Waals surface area contributed by atoms with E-state index in [4.69, 9.17) is 10.5 Å². The molecule has 0 amide bonds. The van der Waals surface area contributed by atoms with Crippen LogP contribution >= 0.6 is 0 Å². The first-order valence-corrected chi connectivity index (χ1v) is 6.00. The van der Waals surface area contributed by atoms with E-state index in [1.165, 1.54) is 6.07 Å². The monoisotopic (exact) mass is 260 g/mol. The first-order chi connectivity index (χ1) is 9.06. The fourth-order valence-electron chi connectivity index (χ4n) is 1.69. The summed E-state index contributed by atoms with van der Waals surface area (Å²) >= 11 is 0. The largest absolute Gasteiger partial charge is 0.489 e. The Morgan fingerprint density at radius 1 is 1.16 bits per heavy atom. The maximum absolute atomic E-state index is 13.6. The lowest BCUT2D eigenvalue weighted by molar-refractivity contribution is 0.300. The van der Waals surface area contributed by atoms with E-state index in [1.807, 2.05) is 43.3 Å². The van der Waals surface area contributed by atoms with Gasteiger partial charge in [0, 0.05) is 37.1 Å². The molecule has 0 radical (unpaired) electrons. The highest BCUT2D eigenvalue weighted by Gasteiger charge is 2.04. The summed E-state index contributed by atoms with van der Waals surface area (Å²) in [6.45, 7) is 0.184. The van der Waals surface area contributed by atoms with Gasteiger partial charge in [0.2, 0.25) is 0 Å². The highest BCUT2D eigenvalue weighted by molar-refractivity contribution is 5.49. The van der Waals surface area contributed by atoms with Crippen molar-refractivity contribution in [1.82, 2.24) is 0 Å². The van der Waals surface area contributed by atoms with Gasteiger partial charge in [0.25, 0.3) is 0 Å². The van der Waals surface area contributed by atoms with Crippen LogP contribution in [0.1, 0.15) is 5.56 Å². The van der Waals surface area contributed by atoms with E-state index in [9.17, 15) is 4.39 Å². The van der Waals surface area contributed by atoms with Gasteiger partial charge in [-0.25, -0.2) is 4.39 Å². The zero-order chi connectivity index (χ0) is 13.8. The number of nitrogen functional groups attached to an aromatic ring is 1. The average Bonchev–Trinajstić information content (AvgIpc) is 2.38. The summed E-state index contributed by atoms with van der Waals surface area (Å²) in [4.78, 5) is 1.98. The lowest BCUT2D eigenvalue weighted by Crippen LogP contribution is -2.08. The third-order valence-electron chi connectivity index (χ3n) is 2.81. The molecule has 2 N–H and O–H groups in total. The number of anilines is 2. The Bertz CT molecular complexity index is 570. The fraction of sp³-hybridized carbons (Fsp3) is 0.200. The van der Waals surface area contributed by atoms with Gasteiger partial charge in [0.15, 0.2) is 0 Å². The molecule has 100 valence electrons. The minimum Gasteiger partial charge on any atom is -0.489 e. The summed E-state index contributed by atoms with van der Waals surface area (Å²) in [6.07, 6.45) is 0. The topological polar surface area (TPSA) is 38.5 Å². The molecule has 0 aliphatic rings. The summed E-state index contributed by atoms with van der Waals surface area (Å²) < 4.78 is 19.2. The first-order valence-electron chi connectivity index (χ1n) is 6.00. The Morgan fingerprint density at radius 3 is 2.63 bits per heavy atom. The predicted octanol–water partition coefficient (Wildman–Crippen LogP) is 3.05. The first kappa shape index (κ1) is 13.2. The van der Waals surface area contributed by atoms with Crippen LogP contribution in [-0.4, -0.2) is 14.1 Å². The van der Waals surface area contributed by atoms with Crippen LogP contribution in [0.4, 0.5) is 15.8 Å². The van der Waals surface area contributed by atoms with Crippen LogP contribution in [0.15, 0.2) is 42.5 Å². The third kappa shape index (κ3) is 3.37. The molecule has 2 aromatic carbocycles. The van der Waals surface area contributed by atoms with Gasteiger partial charge < -0.3 is 15.4 Å². The third-order valence-corrected chi connectivity index (χ3v) is 2.81. The van der Waals surface area contributed by atoms with Crippen LogP contribution in [-0.2, 0) is 6.61 Å². The van der Waals surface area contributed by atoms with Gasteiger partial charge in [-0.1, -0.05) is 12.1 Å². The maximum Gasteiger partial charge on any atom is 0.131 e. The summed E-state index contributed by atoms with van der Waals surface area (Å²) in [5.41, 5.74) is 7.44. The van der Waals surface area contributed by atoms with Crippen molar-refractivity contribution in [2.45, 2.75) is 6.61 Å². The quantitative estimate of drug-likeness (QED) is 0.859. The van der Waals surface area contributed by atoms with Crippen molar-refractivity contribution in [3.63, 3.8) is 0 Å². The SMILES string of the molecule is CN(C)c1cccc(OCc2ccc(N)cc2F)c1. The summed E-state index contributed by atoms with van der Waals surface area (Å²) in [5, 5.41) is 0. The molecule has 0 spiro atoms. The van der Waals surface area contributed by atoms with Gasteiger partial charge in [0.1, 0.15) is 18.2 Å². The zero-order valence-corrected chi connectivity index (χ0v) is 11.1. The van der Waals surface area contributed by atoms with E-state index < -0.39 is 0 Å². The lowest BCUT2D eigenvalue weighted by Gasteiger charge is -2.14. The van der Waals surface area contributed by atoms with Crippen molar-refractivity contribution >= 4 is 11.4 Å². The second kappa shape index (κ2) is 5.61. The standard InChI is InChI=1S/C15H17FN2O/c1-18(2)13-4-3-5-14(9-13)19-10-11-6-7-12(17)8-15(11)16/h3-9H,10,17H2,1-2H3. The Hall–Kier alpha value is -2.23. The molecule has 0 fully saturated rings. The molecule has 0 saturated heterocycles. The molecule has 0 aliphatic heterocycles. The number of benzene rings is 2. The summed E-state index contributed by atoms with van der Waals surface area (Å²) in [5.74, 6) is 0.367. The van der Waals surface area contributed by atoms with Crippen molar-refractivity contribution in [2.24, 2.45) is 0 Å². The molecule has 0 saturated carbocycles. The molecular formula is C15H17FN2O. The second-order valence-corrected chi connectivity index (χ2v) is 4.53. The van der Waals surface area contributed by atoms with Crippen molar-refractivity contribution in [3.8, 4) is 5.75 Å². The molecule has 3 nitrogen and oxygen atoms in total. The van der Waals surface area contributed by atoms with Crippen LogP contribution in [0.2, 0.25) is 0 Å². The summed E-state index contributed by atoms with van der Waals surface area (Å²) in [7, 11) is 3.91. The van der Waals surface area contributed by atoms with Gasteiger partial charge >= 0.3 is 0 Å². The number of hydrogen-bond acceptors (Lipinski definition) is 3. The second-order valence-electron chi connectivity index (χ2n) is 4.53. The molecule has 4 heteroatoms. The summed E-state index contributed by atoms with van der Waals surface area (Å²) in [6, 6.07) is 12.3. The van der Waals surface area contributed by atoms with E-state index in [1.54, 1.807) is 12.1 Å². The number of nitrogens with zero attached hydrogens (tertiary/aromatic N) is 1. The lowest BCUT2D eigenvalue weighted by atomic mass is 10.2. The van der Waals surface area contributed by atoms with Crippen molar-refractivity contribution in [2.75, 3.05) is 24.7 Å². The Labute approximate surface area is 112 Å². The van der Waals surface area contributed by atoms with Gasteiger partial charge in [-0.3, -0.25) is 0 Å². The molecule has 0 unspecified atom stereocenters. The van der Waals surface area contributed by atoms with E-state index >= 15 is 0 Å². The van der Waals surface area contributed by atoms with Gasteiger partial charge in [-0.2, -0.15) is 0 Å². The Kier molecular flexibility index (Phi) is 3.90. The van der Waals surface area contributed by atoms with Crippen LogP contribution in [0, 0.1) is 5.82 Å². The Morgan fingerprint density at radius 2 is 1.95 bits per heavy atom. The normalized spacial score (nSPS) is 10.3. The van der Waals surface area contributed by atoms with Crippen LogP contribution < -0.4 is 15.4 Å². The number of nitrogens with two attached hydrogens (primary N) is 1. The average molecular weight is 260 g/mol. The van der Waals surface area contributed by atoms with E-state index in [2.05, 4.69) is 0 Å². The van der Waals surface area contributed by atoms with E-state index in [0.717, 1.165) is 5.69 Å². The van der Waals surface area contributed by atoms with Crippen LogP contribution in [0.3, 0.4) is 0 Å². The molecule has 2 aromatic rings. The molecule has 19 heavy (non-hydrogen) atoms. The predicted molar refractivity (Wildman–Crippen MR) is 75.9 cm³/mol. The minimum atomic E-state index is -0.344. The van der Waals surface area contributed by atoms with E-state index in [-0.39, 0.29) is 12.4 Å². The number of ether oxygens (including phenoxy) is 1. The molecule has 0 heterocycles. The van der Waals surface area contributed by atoms with Crippen molar-refractivity contribution in [3.05, 3.63) is 53.8 Å². The zero-order valence-electron chi connectivity index (χ0n) is 11.1. The number of halogens is 1. The Balaban J connectivity index is 2.08. The molecule has 2 rings (SSSR count). The fourth-order valence-corrected chi connectivity index (χ4v) is 1.69. The van der Waals surface area contributed by atoms with Crippen molar-refractivity contribution in [1.29, 1.82) is 0 Å². The maximum atomic E-state index is 13.6. The van der Waals surface area contributed by atoms with Gasteiger partial charge in [-0.05, 0) is 24.3 Å². The molecule has 0 bridgehead atoms. The molecule has 0 aromatic heterocycles. The smallest absolute Gasteiger partial charge is 0.131 e. The van der Waals surface area contributed by atoms with Gasteiger partial charge in [-0.15, -0.1) is 0 Å². The number of rotatable bonds is 4. The molecule has 0 atom stereocenters. The number of hydrogen-bond donors (Lipinski definition) is 1. The highest BCUT2D eigenvalue weighted by atomic mass is 19.1. The molecule has 0 aliphatic carbocycles. The molecular weight excluding hydrogens is 243 g/mol. The highest BCUT2D eigenvalue weighted by Crippen LogP contribution is 2.21. The minimum absolute atomic E-state index is 0.184.